The molecule has 10 heteroatoms. The second-order valence-electron chi connectivity index (χ2n) is 13.1. The van der Waals surface area contributed by atoms with Gasteiger partial charge in [-0.3, -0.25) is 0 Å². The van der Waals surface area contributed by atoms with Gasteiger partial charge in [0.2, 0.25) is 0 Å². The van der Waals surface area contributed by atoms with Crippen LogP contribution >= 0.6 is 0 Å². The summed E-state index contributed by atoms with van der Waals surface area (Å²) in [5.74, 6) is 2.84. The summed E-state index contributed by atoms with van der Waals surface area (Å²) in [6, 6.07) is 23.6. The molecule has 3 rings (SSSR count). The first-order chi connectivity index (χ1) is 23.6. The molecule has 0 N–H and O–H groups in total. The predicted octanol–water partition coefficient (Wildman–Crippen LogP) is 7.77. The molecular weight excluding hydrogens is 623 g/mol. The average molecular weight is 681 g/mol. The van der Waals surface area contributed by atoms with Crippen LogP contribution in [0.1, 0.15) is 58.2 Å². The lowest BCUT2D eigenvalue weighted by Gasteiger charge is -2.32. The highest BCUT2D eigenvalue weighted by atomic mass is 16.8. The van der Waals surface area contributed by atoms with Gasteiger partial charge < -0.3 is 42.4 Å². The molecule has 0 saturated heterocycles. The Morgan fingerprint density at radius 3 is 0.857 bits per heavy atom. The van der Waals surface area contributed by atoms with Gasteiger partial charge in [-0.25, -0.2) is 0 Å². The fourth-order valence-electron chi connectivity index (χ4n) is 4.74. The van der Waals surface area contributed by atoms with E-state index in [9.17, 15) is 0 Å². The van der Waals surface area contributed by atoms with Gasteiger partial charge in [0, 0.05) is 0 Å². The number of hydrogen-bond acceptors (Lipinski definition) is 9. The number of methoxy groups -OCH3 is 3. The first kappa shape index (κ1) is 40.3. The van der Waals surface area contributed by atoms with E-state index in [0.29, 0.717) is 39.6 Å². The van der Waals surface area contributed by atoms with Crippen molar-refractivity contribution in [3.05, 3.63) is 89.5 Å². The van der Waals surface area contributed by atoms with Crippen LogP contribution < -0.4 is 14.2 Å². The zero-order valence-corrected chi connectivity index (χ0v) is 30.9. The Kier molecular flexibility index (Phi) is 18.0. The second kappa shape index (κ2) is 21.9. The van der Waals surface area contributed by atoms with E-state index in [0.717, 1.165) is 33.9 Å². The first-order valence-corrected chi connectivity index (χ1v) is 17.2. The molecule has 0 heterocycles. The van der Waals surface area contributed by atoms with Crippen molar-refractivity contribution in [2.45, 2.75) is 79.7 Å². The van der Waals surface area contributed by atoms with E-state index in [1.54, 1.807) is 21.3 Å². The topological polar surface area (TPSA) is 83.1 Å². The Balaban J connectivity index is 1.69. The van der Waals surface area contributed by atoms with Gasteiger partial charge >= 0.3 is 7.32 Å². The second-order valence-corrected chi connectivity index (χ2v) is 13.1. The summed E-state index contributed by atoms with van der Waals surface area (Å²) >= 11 is 0. The minimum absolute atomic E-state index is 0.137. The lowest BCUT2D eigenvalue weighted by atomic mass is 10.0. The minimum atomic E-state index is -0.967. The molecule has 0 fully saturated rings. The predicted molar refractivity (Wildman–Crippen MR) is 193 cm³/mol. The third kappa shape index (κ3) is 14.7. The van der Waals surface area contributed by atoms with Crippen molar-refractivity contribution in [2.75, 3.05) is 41.2 Å². The van der Waals surface area contributed by atoms with Crippen LogP contribution in [0.2, 0.25) is 0 Å². The summed E-state index contributed by atoms with van der Waals surface area (Å²) in [4.78, 5) is 0. The molecule has 3 atom stereocenters. The van der Waals surface area contributed by atoms with E-state index in [2.05, 4.69) is 41.5 Å². The van der Waals surface area contributed by atoms with Crippen LogP contribution in [0.4, 0.5) is 0 Å². The summed E-state index contributed by atoms with van der Waals surface area (Å²) in [5, 5.41) is 0. The lowest BCUT2D eigenvalue weighted by molar-refractivity contribution is -0.0776. The number of benzene rings is 3. The first-order valence-electron chi connectivity index (χ1n) is 17.2. The van der Waals surface area contributed by atoms with E-state index >= 15 is 0 Å². The van der Waals surface area contributed by atoms with E-state index in [-0.39, 0.29) is 36.1 Å². The molecule has 0 aliphatic carbocycles. The largest absolute Gasteiger partial charge is 0.640 e. The van der Waals surface area contributed by atoms with Gasteiger partial charge in [0.15, 0.2) is 0 Å². The van der Waals surface area contributed by atoms with Gasteiger partial charge in [-0.15, -0.1) is 0 Å². The summed E-state index contributed by atoms with van der Waals surface area (Å²) in [6.07, 6.45) is -0.863. The maximum atomic E-state index is 6.60. The summed E-state index contributed by atoms with van der Waals surface area (Å²) in [5.41, 5.74) is 3.15. The van der Waals surface area contributed by atoms with Crippen LogP contribution in [0, 0.1) is 17.8 Å². The van der Waals surface area contributed by atoms with Gasteiger partial charge in [0.05, 0.1) is 79.3 Å². The van der Waals surface area contributed by atoms with Crippen LogP contribution in [0.15, 0.2) is 72.8 Å². The highest BCUT2D eigenvalue weighted by Crippen LogP contribution is 2.21. The Morgan fingerprint density at radius 2 is 0.653 bits per heavy atom. The van der Waals surface area contributed by atoms with Crippen molar-refractivity contribution in [3.63, 3.8) is 0 Å². The van der Waals surface area contributed by atoms with Crippen molar-refractivity contribution in [2.24, 2.45) is 17.8 Å². The Labute approximate surface area is 294 Å². The molecule has 3 aromatic rings. The molecule has 270 valence electrons. The highest BCUT2D eigenvalue weighted by molar-refractivity contribution is 6.36. The standard InChI is InChI=1S/C39H57BO9/c1-28(2)37(25-44-22-31-10-16-34(41-7)17-11-31)47-40(48-38(29(3)4)26-45-23-32-12-18-35(42-8)19-13-32)49-39(30(5)6)27-46-24-33-14-20-36(43-9)21-15-33/h10-21,28-30,37-39H,22-27H2,1-9H3/t37-,38-,39-/m1/s1. The van der Waals surface area contributed by atoms with Crippen molar-refractivity contribution in [3.8, 4) is 17.2 Å². The van der Waals surface area contributed by atoms with Crippen LogP contribution in [0.5, 0.6) is 17.2 Å². The maximum absolute atomic E-state index is 6.60. The molecule has 0 aromatic heterocycles. The van der Waals surface area contributed by atoms with Crippen molar-refractivity contribution >= 4 is 7.32 Å². The van der Waals surface area contributed by atoms with Crippen LogP contribution in [0.3, 0.4) is 0 Å². The molecule has 0 aliphatic rings. The monoisotopic (exact) mass is 680 g/mol. The van der Waals surface area contributed by atoms with Gasteiger partial charge in [-0.1, -0.05) is 77.9 Å². The van der Waals surface area contributed by atoms with E-state index in [4.69, 9.17) is 42.4 Å². The summed E-state index contributed by atoms with van der Waals surface area (Å²) in [6.45, 7) is 15.1. The Morgan fingerprint density at radius 1 is 0.408 bits per heavy atom. The third-order valence-electron chi connectivity index (χ3n) is 8.22. The molecule has 0 bridgehead atoms. The average Bonchev–Trinajstić information content (AvgIpc) is 3.10. The van der Waals surface area contributed by atoms with Crippen molar-refractivity contribution < 1.29 is 42.4 Å². The molecule has 0 saturated carbocycles. The van der Waals surface area contributed by atoms with Crippen LogP contribution in [0.25, 0.3) is 0 Å². The lowest BCUT2D eigenvalue weighted by Crippen LogP contribution is -2.45. The van der Waals surface area contributed by atoms with Crippen molar-refractivity contribution in [1.82, 2.24) is 0 Å². The zero-order valence-electron chi connectivity index (χ0n) is 30.9. The van der Waals surface area contributed by atoms with Gasteiger partial charge in [0.1, 0.15) is 17.2 Å². The molecule has 9 nitrogen and oxygen atoms in total. The van der Waals surface area contributed by atoms with E-state index in [1.165, 1.54) is 0 Å². The molecular formula is C39H57BO9. The minimum Gasteiger partial charge on any atom is -0.497 e. The molecule has 0 radical (unpaired) electrons. The Hall–Kier alpha value is -3.12. The van der Waals surface area contributed by atoms with Crippen LogP contribution in [-0.4, -0.2) is 66.8 Å². The number of rotatable bonds is 24. The molecule has 0 spiro atoms. The van der Waals surface area contributed by atoms with Gasteiger partial charge in [0.25, 0.3) is 0 Å². The quantitative estimate of drug-likeness (QED) is 0.0882. The molecule has 3 aromatic carbocycles. The highest BCUT2D eigenvalue weighted by Gasteiger charge is 2.35. The Bertz CT molecular complexity index is 1120. The van der Waals surface area contributed by atoms with Gasteiger partial charge in [-0.05, 0) is 70.8 Å². The SMILES string of the molecule is COc1ccc(COC[C@@H](OB(O[C@H](COCc2ccc(OC)cc2)C(C)C)O[C@H](COCc2ccc(OC)cc2)C(C)C)C(C)C)cc1. The fourth-order valence-corrected chi connectivity index (χ4v) is 4.74. The van der Waals surface area contributed by atoms with Crippen molar-refractivity contribution in [1.29, 1.82) is 0 Å². The van der Waals surface area contributed by atoms with Gasteiger partial charge in [-0.2, -0.15) is 0 Å². The molecule has 0 amide bonds. The number of ether oxygens (including phenoxy) is 6. The molecule has 49 heavy (non-hydrogen) atoms. The molecule has 0 aliphatic heterocycles. The zero-order chi connectivity index (χ0) is 35.6. The summed E-state index contributed by atoms with van der Waals surface area (Å²) < 4.78 is 54.1. The maximum Gasteiger partial charge on any atom is 0.640 e. The molecule has 0 unspecified atom stereocenters. The number of hydrogen-bond donors (Lipinski definition) is 0. The smallest absolute Gasteiger partial charge is 0.497 e. The third-order valence-corrected chi connectivity index (χ3v) is 8.22. The normalized spacial score (nSPS) is 13.5. The van der Waals surface area contributed by atoms with E-state index < -0.39 is 7.32 Å². The van der Waals surface area contributed by atoms with Crippen LogP contribution in [-0.2, 0) is 48.0 Å². The van der Waals surface area contributed by atoms with E-state index in [1.807, 2.05) is 72.8 Å². The summed E-state index contributed by atoms with van der Waals surface area (Å²) in [7, 11) is 4.00. The fraction of sp³-hybridized carbons (Fsp3) is 0.538.